The van der Waals surface area contributed by atoms with Gasteiger partial charge in [-0.2, -0.15) is 0 Å². The van der Waals surface area contributed by atoms with Gasteiger partial charge in [-0.15, -0.1) is 10.2 Å². The Kier molecular flexibility index (Phi) is 7.37. The highest BCUT2D eigenvalue weighted by Gasteiger charge is 2.48. The second kappa shape index (κ2) is 10.5. The fourth-order valence-electron chi connectivity index (χ4n) is 3.79. The van der Waals surface area contributed by atoms with E-state index in [1.807, 2.05) is 13.8 Å². The number of rotatable bonds is 8. The summed E-state index contributed by atoms with van der Waals surface area (Å²) in [6, 6.07) is 10.6. The first-order valence-electron chi connectivity index (χ1n) is 11.1. The third kappa shape index (κ3) is 4.87. The number of aromatic nitrogens is 2. The number of ketones is 1. The number of hydrogen-bond donors (Lipinski definition) is 1. The van der Waals surface area contributed by atoms with Gasteiger partial charge in [-0.1, -0.05) is 35.9 Å². The van der Waals surface area contributed by atoms with E-state index in [2.05, 4.69) is 10.2 Å². The maximum Gasteiger partial charge on any atom is 0.301 e. The summed E-state index contributed by atoms with van der Waals surface area (Å²) in [5, 5.41) is 20.7. The zero-order valence-electron chi connectivity index (χ0n) is 19.4. The van der Waals surface area contributed by atoms with Crippen LogP contribution >= 0.6 is 22.9 Å². The van der Waals surface area contributed by atoms with Crippen LogP contribution in [0.2, 0.25) is 5.02 Å². The SMILES string of the molecule is CCCOc1ccc(C2C(=C(O)c3ccc(Cl)cc3)C(=O)C(=O)N2c2nnc(C)s2)cc1OCC. The van der Waals surface area contributed by atoms with E-state index in [1.165, 1.54) is 16.2 Å². The number of nitrogens with zero attached hydrogens (tertiary/aromatic N) is 3. The average Bonchev–Trinajstić information content (AvgIpc) is 3.39. The van der Waals surface area contributed by atoms with Crippen LogP contribution in [-0.4, -0.2) is 40.2 Å². The normalized spacial score (nSPS) is 17.1. The molecule has 0 saturated carbocycles. The van der Waals surface area contributed by atoms with Crippen molar-refractivity contribution in [1.29, 1.82) is 0 Å². The number of hydrogen-bond acceptors (Lipinski definition) is 8. The Labute approximate surface area is 211 Å². The Morgan fingerprint density at radius 2 is 1.83 bits per heavy atom. The minimum Gasteiger partial charge on any atom is -0.507 e. The van der Waals surface area contributed by atoms with E-state index in [0.717, 1.165) is 6.42 Å². The van der Waals surface area contributed by atoms with Crippen LogP contribution < -0.4 is 14.4 Å². The van der Waals surface area contributed by atoms with Gasteiger partial charge in [0.2, 0.25) is 5.13 Å². The summed E-state index contributed by atoms with van der Waals surface area (Å²) < 4.78 is 11.6. The van der Waals surface area contributed by atoms with Crippen LogP contribution in [0.4, 0.5) is 5.13 Å². The number of aliphatic hydroxyl groups excluding tert-OH is 1. The van der Waals surface area contributed by atoms with Crippen molar-refractivity contribution in [3.8, 4) is 11.5 Å². The van der Waals surface area contributed by atoms with Gasteiger partial charge in [0.25, 0.3) is 5.78 Å². The molecule has 1 N–H and O–H groups in total. The molecule has 1 aliphatic heterocycles. The smallest absolute Gasteiger partial charge is 0.301 e. The second-order valence-electron chi connectivity index (χ2n) is 7.77. The molecular weight excluding hydrogens is 490 g/mol. The van der Waals surface area contributed by atoms with E-state index in [0.29, 0.717) is 45.9 Å². The highest BCUT2D eigenvalue weighted by molar-refractivity contribution is 7.15. The van der Waals surface area contributed by atoms with Crippen molar-refractivity contribution in [3.63, 3.8) is 0 Å². The summed E-state index contributed by atoms with van der Waals surface area (Å²) in [5.41, 5.74) is 0.855. The summed E-state index contributed by atoms with van der Waals surface area (Å²) >= 11 is 7.17. The zero-order valence-corrected chi connectivity index (χ0v) is 21.0. The molecule has 182 valence electrons. The molecule has 35 heavy (non-hydrogen) atoms. The van der Waals surface area contributed by atoms with Crippen LogP contribution in [0.15, 0.2) is 48.0 Å². The van der Waals surface area contributed by atoms with Crippen LogP contribution in [0.25, 0.3) is 5.76 Å². The molecule has 1 aliphatic rings. The number of halogens is 1. The fraction of sp³-hybridized carbons (Fsp3) is 0.280. The number of aliphatic hydroxyl groups is 1. The van der Waals surface area contributed by atoms with Crippen LogP contribution in [0.5, 0.6) is 11.5 Å². The molecule has 0 aliphatic carbocycles. The van der Waals surface area contributed by atoms with Crippen molar-refractivity contribution in [2.24, 2.45) is 0 Å². The molecule has 4 rings (SSSR count). The van der Waals surface area contributed by atoms with E-state index in [9.17, 15) is 14.7 Å². The van der Waals surface area contributed by atoms with E-state index in [4.69, 9.17) is 21.1 Å². The number of aryl methyl sites for hydroxylation is 1. The number of Topliss-reactive ketones (excluding diaryl/α,β-unsaturated/α-hetero) is 1. The van der Waals surface area contributed by atoms with E-state index >= 15 is 0 Å². The molecule has 1 unspecified atom stereocenters. The van der Waals surface area contributed by atoms with Crippen LogP contribution in [0, 0.1) is 6.92 Å². The number of amides is 1. The lowest BCUT2D eigenvalue weighted by molar-refractivity contribution is -0.132. The number of carbonyl (C=O) groups excluding carboxylic acids is 2. The lowest BCUT2D eigenvalue weighted by Crippen LogP contribution is -2.29. The monoisotopic (exact) mass is 513 g/mol. The second-order valence-corrected chi connectivity index (χ2v) is 9.36. The quantitative estimate of drug-likeness (QED) is 0.247. The summed E-state index contributed by atoms with van der Waals surface area (Å²) in [6.45, 7) is 6.52. The van der Waals surface area contributed by atoms with Gasteiger partial charge < -0.3 is 14.6 Å². The van der Waals surface area contributed by atoms with Gasteiger partial charge in [0, 0.05) is 10.6 Å². The van der Waals surface area contributed by atoms with Crippen molar-refractivity contribution < 1.29 is 24.2 Å². The fourth-order valence-corrected chi connectivity index (χ4v) is 4.63. The maximum absolute atomic E-state index is 13.2. The molecule has 1 fully saturated rings. The predicted molar refractivity (Wildman–Crippen MR) is 134 cm³/mol. The molecule has 10 heteroatoms. The molecule has 1 aromatic heterocycles. The van der Waals surface area contributed by atoms with Crippen molar-refractivity contribution in [1.82, 2.24) is 10.2 Å². The summed E-state index contributed by atoms with van der Waals surface area (Å²) in [4.78, 5) is 27.7. The number of carbonyl (C=O) groups is 2. The average molecular weight is 514 g/mol. The summed E-state index contributed by atoms with van der Waals surface area (Å²) in [7, 11) is 0. The van der Waals surface area contributed by atoms with Crippen LogP contribution in [-0.2, 0) is 9.59 Å². The third-order valence-corrected chi connectivity index (χ3v) is 6.42. The van der Waals surface area contributed by atoms with E-state index < -0.39 is 17.7 Å². The Morgan fingerprint density at radius 1 is 1.09 bits per heavy atom. The van der Waals surface area contributed by atoms with Crippen molar-refractivity contribution in [2.45, 2.75) is 33.2 Å². The molecule has 0 spiro atoms. The molecular formula is C25H24ClN3O5S. The van der Waals surface area contributed by atoms with Gasteiger partial charge in [-0.3, -0.25) is 14.5 Å². The molecule has 1 atom stereocenters. The van der Waals surface area contributed by atoms with Gasteiger partial charge in [-0.25, -0.2) is 0 Å². The van der Waals surface area contributed by atoms with Gasteiger partial charge in [0.1, 0.15) is 10.8 Å². The molecule has 1 amide bonds. The minimum absolute atomic E-state index is 0.0603. The highest BCUT2D eigenvalue weighted by Crippen LogP contribution is 2.44. The molecule has 0 bridgehead atoms. The lowest BCUT2D eigenvalue weighted by Gasteiger charge is -2.23. The van der Waals surface area contributed by atoms with Crippen LogP contribution in [0.3, 0.4) is 0 Å². The molecule has 2 heterocycles. The van der Waals surface area contributed by atoms with E-state index in [1.54, 1.807) is 49.4 Å². The van der Waals surface area contributed by atoms with Crippen LogP contribution in [0.1, 0.15) is 42.4 Å². The Hall–Kier alpha value is -3.43. The number of ether oxygens (including phenoxy) is 2. The van der Waals surface area contributed by atoms with Gasteiger partial charge in [0.05, 0.1) is 24.8 Å². The Balaban J connectivity index is 1.91. The summed E-state index contributed by atoms with van der Waals surface area (Å²) in [6.07, 6.45) is 0.824. The van der Waals surface area contributed by atoms with E-state index in [-0.39, 0.29) is 16.5 Å². The molecule has 2 aromatic carbocycles. The minimum atomic E-state index is -0.947. The molecule has 3 aromatic rings. The lowest BCUT2D eigenvalue weighted by atomic mass is 9.95. The molecule has 8 nitrogen and oxygen atoms in total. The number of anilines is 1. The highest BCUT2D eigenvalue weighted by atomic mass is 35.5. The standard InChI is InChI=1S/C25H24ClN3O5S/c1-4-12-34-18-11-8-16(13-19(18)33-5-2)21-20(22(30)15-6-9-17(26)10-7-15)23(31)24(32)29(21)25-28-27-14(3)35-25/h6-11,13,21,30H,4-5,12H2,1-3H3. The Morgan fingerprint density at radius 3 is 2.46 bits per heavy atom. The van der Waals surface area contributed by atoms with Crippen molar-refractivity contribution >= 4 is 45.5 Å². The molecule has 0 radical (unpaired) electrons. The first kappa shape index (κ1) is 24.7. The van der Waals surface area contributed by atoms with Gasteiger partial charge in [0.15, 0.2) is 11.5 Å². The maximum atomic E-state index is 13.2. The third-order valence-electron chi connectivity index (χ3n) is 5.33. The number of benzene rings is 2. The topological polar surface area (TPSA) is 102 Å². The first-order chi connectivity index (χ1) is 16.8. The molecule has 1 saturated heterocycles. The first-order valence-corrected chi connectivity index (χ1v) is 12.3. The Bertz CT molecular complexity index is 1290. The van der Waals surface area contributed by atoms with Gasteiger partial charge in [-0.05, 0) is 62.2 Å². The predicted octanol–water partition coefficient (Wildman–Crippen LogP) is 5.31. The summed E-state index contributed by atoms with van der Waals surface area (Å²) in [5.74, 6) is -0.897. The largest absolute Gasteiger partial charge is 0.507 e. The van der Waals surface area contributed by atoms with Gasteiger partial charge >= 0.3 is 5.91 Å². The zero-order chi connectivity index (χ0) is 25.1. The van der Waals surface area contributed by atoms with Crippen molar-refractivity contribution in [3.05, 3.63) is 69.2 Å². The van der Waals surface area contributed by atoms with Crippen molar-refractivity contribution in [2.75, 3.05) is 18.1 Å².